The van der Waals surface area contributed by atoms with E-state index in [1.165, 1.54) is 0 Å². The number of nitrogens with one attached hydrogen (secondary N) is 1. The minimum atomic E-state index is -0.666. The Labute approximate surface area is 274 Å². The Morgan fingerprint density at radius 2 is 1.72 bits per heavy atom. The van der Waals surface area contributed by atoms with Gasteiger partial charge in [-0.15, -0.1) is 0 Å². The van der Waals surface area contributed by atoms with Crippen LogP contribution in [0, 0.1) is 5.92 Å². The SMILES string of the molecule is CCN(Cc1ccccc1)C(=O)N[C@@H]1CN(C(=O)OC(C)(C)C)C[C@H]1CN(C(=O)c1ccc(OC)c(OCCCOC)c1)C(C)C. The highest BCUT2D eigenvalue weighted by atomic mass is 16.6. The number of urea groups is 1. The van der Waals surface area contributed by atoms with E-state index in [-0.39, 0.29) is 30.4 Å². The van der Waals surface area contributed by atoms with Gasteiger partial charge in [0.2, 0.25) is 0 Å². The highest BCUT2D eigenvalue weighted by Crippen LogP contribution is 2.30. The molecule has 1 aliphatic rings. The standard InChI is InChI=1S/C35H52N4O7/c1-9-37(21-26-14-11-10-12-15-26)33(41)36-29-24-38(34(42)46-35(4,5)6)22-28(29)23-39(25(2)3)32(40)27-16-17-30(44-8)31(20-27)45-19-13-18-43-7/h10-12,14-17,20,25,28-29H,9,13,18-19,21-24H2,1-8H3,(H,36,41)/t28-,29+/m0/s1. The van der Waals surface area contributed by atoms with Crippen LogP contribution in [0.1, 0.15) is 63.9 Å². The summed E-state index contributed by atoms with van der Waals surface area (Å²) >= 11 is 0. The van der Waals surface area contributed by atoms with E-state index in [0.29, 0.717) is 62.9 Å². The van der Waals surface area contributed by atoms with E-state index < -0.39 is 17.7 Å². The van der Waals surface area contributed by atoms with E-state index in [1.807, 2.05) is 71.9 Å². The van der Waals surface area contributed by atoms with E-state index in [1.54, 1.807) is 47.1 Å². The molecular weight excluding hydrogens is 588 g/mol. The van der Waals surface area contributed by atoms with Crippen molar-refractivity contribution in [1.82, 2.24) is 20.0 Å². The maximum absolute atomic E-state index is 14.0. The number of carbonyl (C=O) groups is 3. The number of carbonyl (C=O) groups excluding carboxylic acids is 3. The summed E-state index contributed by atoms with van der Waals surface area (Å²) in [5, 5.41) is 3.18. The molecule has 11 nitrogen and oxygen atoms in total. The van der Waals surface area contributed by atoms with E-state index >= 15 is 0 Å². The number of nitrogens with zero attached hydrogens (tertiary/aromatic N) is 3. The highest BCUT2D eigenvalue weighted by molar-refractivity contribution is 5.95. The summed E-state index contributed by atoms with van der Waals surface area (Å²) in [5.41, 5.74) is 0.815. The molecular formula is C35H52N4O7. The number of hydrogen-bond donors (Lipinski definition) is 1. The fourth-order valence-corrected chi connectivity index (χ4v) is 5.33. The summed E-state index contributed by atoms with van der Waals surface area (Å²) in [4.78, 5) is 45.8. The van der Waals surface area contributed by atoms with E-state index in [2.05, 4.69) is 5.32 Å². The third kappa shape index (κ3) is 10.5. The van der Waals surface area contributed by atoms with Crippen LogP contribution in [0.15, 0.2) is 48.5 Å². The van der Waals surface area contributed by atoms with Crippen molar-refractivity contribution >= 4 is 18.0 Å². The molecule has 0 unspecified atom stereocenters. The lowest BCUT2D eigenvalue weighted by atomic mass is 10.0. The summed E-state index contributed by atoms with van der Waals surface area (Å²) in [6, 6.07) is 14.2. The molecule has 4 amide bonds. The van der Waals surface area contributed by atoms with Crippen LogP contribution >= 0.6 is 0 Å². The number of likely N-dealkylation sites (tertiary alicyclic amines) is 1. The fourth-order valence-electron chi connectivity index (χ4n) is 5.33. The molecule has 1 fully saturated rings. The fraction of sp³-hybridized carbons (Fsp3) is 0.571. The number of hydrogen-bond acceptors (Lipinski definition) is 7. The van der Waals surface area contributed by atoms with Gasteiger partial charge in [-0.3, -0.25) is 4.79 Å². The molecule has 0 radical (unpaired) electrons. The van der Waals surface area contributed by atoms with Crippen molar-refractivity contribution in [1.29, 1.82) is 0 Å². The van der Waals surface area contributed by atoms with Gasteiger partial charge in [0, 0.05) is 70.4 Å². The zero-order valence-corrected chi connectivity index (χ0v) is 28.7. The topological polar surface area (TPSA) is 110 Å². The molecule has 1 aliphatic heterocycles. The summed E-state index contributed by atoms with van der Waals surface area (Å²) in [6.45, 7) is 14.2. The van der Waals surface area contributed by atoms with Crippen molar-refractivity contribution in [2.45, 2.75) is 72.2 Å². The van der Waals surface area contributed by atoms with Gasteiger partial charge < -0.3 is 39.0 Å². The smallest absolute Gasteiger partial charge is 0.410 e. The molecule has 1 saturated heterocycles. The van der Waals surface area contributed by atoms with E-state index in [4.69, 9.17) is 18.9 Å². The number of ether oxygens (including phenoxy) is 4. The Kier molecular flexibility index (Phi) is 13.5. The first kappa shape index (κ1) is 36.5. The second-order valence-corrected chi connectivity index (χ2v) is 12.8. The van der Waals surface area contributed by atoms with E-state index in [0.717, 1.165) is 5.56 Å². The first-order valence-electron chi connectivity index (χ1n) is 16.0. The Morgan fingerprint density at radius 3 is 2.33 bits per heavy atom. The van der Waals surface area contributed by atoms with Crippen LogP contribution in [0.5, 0.6) is 11.5 Å². The van der Waals surface area contributed by atoms with Crippen LogP contribution < -0.4 is 14.8 Å². The normalized spacial score (nSPS) is 16.2. The summed E-state index contributed by atoms with van der Waals surface area (Å²) in [5.74, 6) is 0.599. The minimum Gasteiger partial charge on any atom is -0.493 e. The molecule has 46 heavy (non-hydrogen) atoms. The molecule has 2 aromatic carbocycles. The van der Waals surface area contributed by atoms with E-state index in [9.17, 15) is 14.4 Å². The number of rotatable bonds is 14. The maximum atomic E-state index is 14.0. The van der Waals surface area contributed by atoms with Crippen LogP contribution in [0.25, 0.3) is 0 Å². The summed E-state index contributed by atoms with van der Waals surface area (Å²) in [7, 11) is 3.20. The molecule has 2 aromatic rings. The Morgan fingerprint density at radius 1 is 1.00 bits per heavy atom. The monoisotopic (exact) mass is 640 g/mol. The third-order valence-corrected chi connectivity index (χ3v) is 7.76. The van der Waals surface area contributed by atoms with Gasteiger partial charge in [-0.25, -0.2) is 9.59 Å². The lowest BCUT2D eigenvalue weighted by molar-refractivity contribution is 0.0283. The molecule has 0 aliphatic carbocycles. The molecule has 3 rings (SSSR count). The van der Waals surface area contributed by atoms with Crippen molar-refractivity contribution in [2.75, 3.05) is 53.6 Å². The van der Waals surface area contributed by atoms with Gasteiger partial charge in [0.25, 0.3) is 5.91 Å². The first-order valence-corrected chi connectivity index (χ1v) is 16.0. The summed E-state index contributed by atoms with van der Waals surface area (Å²) in [6.07, 6.45) is 0.249. The van der Waals surface area contributed by atoms with Gasteiger partial charge in [0.15, 0.2) is 11.5 Å². The van der Waals surface area contributed by atoms with Crippen LogP contribution in [-0.2, 0) is 16.0 Å². The molecule has 2 atom stereocenters. The number of amides is 4. The van der Waals surface area contributed by atoms with Crippen molar-refractivity contribution in [3.05, 3.63) is 59.7 Å². The average molecular weight is 641 g/mol. The number of benzene rings is 2. The van der Waals surface area contributed by atoms with Crippen molar-refractivity contribution < 1.29 is 33.3 Å². The van der Waals surface area contributed by atoms with Gasteiger partial charge in [0.05, 0.1) is 19.8 Å². The molecule has 1 N–H and O–H groups in total. The molecule has 0 saturated carbocycles. The van der Waals surface area contributed by atoms with Crippen LogP contribution in [0.4, 0.5) is 9.59 Å². The highest BCUT2D eigenvalue weighted by Gasteiger charge is 2.40. The first-order chi connectivity index (χ1) is 21.9. The molecule has 254 valence electrons. The second-order valence-electron chi connectivity index (χ2n) is 12.8. The number of methoxy groups -OCH3 is 2. The second kappa shape index (κ2) is 17.1. The average Bonchev–Trinajstić information content (AvgIpc) is 3.42. The minimum absolute atomic E-state index is 0.155. The van der Waals surface area contributed by atoms with Gasteiger partial charge >= 0.3 is 12.1 Å². The van der Waals surface area contributed by atoms with Crippen molar-refractivity contribution in [3.63, 3.8) is 0 Å². The predicted octanol–water partition coefficient (Wildman–Crippen LogP) is 5.43. The van der Waals surface area contributed by atoms with Gasteiger partial charge in [0.1, 0.15) is 5.60 Å². The Bertz CT molecular complexity index is 1280. The largest absolute Gasteiger partial charge is 0.493 e. The lowest BCUT2D eigenvalue weighted by Crippen LogP contribution is -2.50. The Hall–Kier alpha value is -3.99. The maximum Gasteiger partial charge on any atom is 0.410 e. The predicted molar refractivity (Wildman–Crippen MR) is 177 cm³/mol. The molecule has 0 aromatic heterocycles. The molecule has 11 heteroatoms. The van der Waals surface area contributed by atoms with Gasteiger partial charge in [-0.1, -0.05) is 30.3 Å². The zero-order chi connectivity index (χ0) is 33.9. The van der Waals surface area contributed by atoms with Gasteiger partial charge in [-0.05, 0) is 65.3 Å². The molecule has 1 heterocycles. The summed E-state index contributed by atoms with van der Waals surface area (Å²) < 4.78 is 22.2. The zero-order valence-electron chi connectivity index (χ0n) is 28.7. The van der Waals surface area contributed by atoms with Gasteiger partial charge in [-0.2, -0.15) is 0 Å². The van der Waals surface area contributed by atoms with Crippen molar-refractivity contribution in [3.8, 4) is 11.5 Å². The Balaban J connectivity index is 1.83. The molecule has 0 bridgehead atoms. The quantitative estimate of drug-likeness (QED) is 0.274. The lowest BCUT2D eigenvalue weighted by Gasteiger charge is -2.32. The van der Waals surface area contributed by atoms with Crippen LogP contribution in [-0.4, -0.2) is 104 Å². The van der Waals surface area contributed by atoms with Crippen LogP contribution in [0.3, 0.4) is 0 Å². The van der Waals surface area contributed by atoms with Crippen LogP contribution in [0.2, 0.25) is 0 Å². The molecule has 0 spiro atoms. The third-order valence-electron chi connectivity index (χ3n) is 7.76. The van der Waals surface area contributed by atoms with Crippen molar-refractivity contribution in [2.24, 2.45) is 5.92 Å².